The number of benzene rings is 1. The molecule has 0 radical (unpaired) electrons. The van der Waals surface area contributed by atoms with Crippen molar-refractivity contribution in [3.63, 3.8) is 0 Å². The van der Waals surface area contributed by atoms with E-state index in [9.17, 15) is 0 Å². The SMILES string of the molecule is C=C(N)CNC(=C)C(Cc1ccccc1)NC(=C)CC(C)(C)CCC(C)C. The van der Waals surface area contributed by atoms with Crippen molar-refractivity contribution in [1.29, 1.82) is 0 Å². The molecule has 0 fully saturated rings. The van der Waals surface area contributed by atoms with Crippen molar-refractivity contribution >= 4 is 0 Å². The molecule has 3 heteroatoms. The average Bonchev–Trinajstić information content (AvgIpc) is 2.58. The van der Waals surface area contributed by atoms with Crippen LogP contribution in [0.2, 0.25) is 0 Å². The normalized spacial score (nSPS) is 12.5. The van der Waals surface area contributed by atoms with Crippen LogP contribution in [0.15, 0.2) is 67.2 Å². The maximum atomic E-state index is 5.70. The minimum Gasteiger partial charge on any atom is -0.401 e. The minimum absolute atomic E-state index is 0.0557. The van der Waals surface area contributed by atoms with Crippen LogP contribution < -0.4 is 16.4 Å². The van der Waals surface area contributed by atoms with E-state index in [1.54, 1.807) is 0 Å². The van der Waals surface area contributed by atoms with Crippen molar-refractivity contribution in [2.75, 3.05) is 6.54 Å². The predicted molar refractivity (Wildman–Crippen MR) is 119 cm³/mol. The molecule has 1 atom stereocenters. The number of hydrogen-bond acceptors (Lipinski definition) is 3. The van der Waals surface area contributed by atoms with Crippen LogP contribution in [0.4, 0.5) is 0 Å². The van der Waals surface area contributed by atoms with Gasteiger partial charge in [-0.2, -0.15) is 0 Å². The molecule has 0 saturated carbocycles. The van der Waals surface area contributed by atoms with Gasteiger partial charge in [-0.1, -0.05) is 84.2 Å². The number of nitrogens with two attached hydrogens (primary N) is 1. The molecule has 0 bridgehead atoms. The maximum absolute atomic E-state index is 5.70. The Labute approximate surface area is 166 Å². The zero-order valence-electron chi connectivity index (χ0n) is 17.8. The third kappa shape index (κ3) is 9.93. The number of allylic oxidation sites excluding steroid dienone is 1. The van der Waals surface area contributed by atoms with Crippen LogP contribution in [0, 0.1) is 11.3 Å². The summed E-state index contributed by atoms with van der Waals surface area (Å²) in [5, 5.41) is 6.89. The van der Waals surface area contributed by atoms with Crippen molar-refractivity contribution < 1.29 is 0 Å². The summed E-state index contributed by atoms with van der Waals surface area (Å²) in [6.07, 6.45) is 4.22. The Hall–Kier alpha value is -2.16. The van der Waals surface area contributed by atoms with Gasteiger partial charge in [-0.05, 0) is 36.2 Å². The number of rotatable bonds is 13. The molecular weight excluding hydrogens is 330 g/mol. The smallest absolute Gasteiger partial charge is 0.0690 e. The minimum atomic E-state index is 0.0557. The topological polar surface area (TPSA) is 50.1 Å². The average molecular weight is 370 g/mol. The second kappa shape index (κ2) is 10.9. The fraction of sp³-hybridized carbons (Fsp3) is 0.500. The highest BCUT2D eigenvalue weighted by Gasteiger charge is 2.21. The molecule has 27 heavy (non-hydrogen) atoms. The van der Waals surface area contributed by atoms with Gasteiger partial charge in [-0.15, -0.1) is 0 Å². The van der Waals surface area contributed by atoms with Gasteiger partial charge in [0.15, 0.2) is 0 Å². The first-order chi connectivity index (χ1) is 12.6. The van der Waals surface area contributed by atoms with Gasteiger partial charge in [-0.3, -0.25) is 0 Å². The largest absolute Gasteiger partial charge is 0.401 e. The van der Waals surface area contributed by atoms with Gasteiger partial charge in [0.05, 0.1) is 12.6 Å². The molecule has 0 spiro atoms. The maximum Gasteiger partial charge on any atom is 0.0690 e. The summed E-state index contributed by atoms with van der Waals surface area (Å²) in [4.78, 5) is 0. The van der Waals surface area contributed by atoms with Gasteiger partial charge >= 0.3 is 0 Å². The van der Waals surface area contributed by atoms with Crippen LogP contribution in [0.25, 0.3) is 0 Å². The molecule has 4 N–H and O–H groups in total. The summed E-state index contributed by atoms with van der Waals surface area (Å²) >= 11 is 0. The molecule has 150 valence electrons. The molecule has 1 aromatic rings. The molecule has 1 rings (SSSR count). The molecule has 1 aromatic carbocycles. The van der Waals surface area contributed by atoms with Gasteiger partial charge in [0.1, 0.15) is 0 Å². The Morgan fingerprint density at radius 3 is 2.30 bits per heavy atom. The van der Waals surface area contributed by atoms with Crippen molar-refractivity contribution in [3.05, 3.63) is 72.7 Å². The number of nitrogens with one attached hydrogen (secondary N) is 2. The molecule has 3 nitrogen and oxygen atoms in total. The first-order valence-corrected chi connectivity index (χ1v) is 9.93. The van der Waals surface area contributed by atoms with E-state index in [4.69, 9.17) is 5.73 Å². The third-order valence-electron chi connectivity index (χ3n) is 4.71. The second-order valence-electron chi connectivity index (χ2n) is 8.80. The lowest BCUT2D eigenvalue weighted by Gasteiger charge is -2.30. The molecule has 0 amide bonds. The lowest BCUT2D eigenvalue weighted by atomic mass is 9.81. The summed E-state index contributed by atoms with van der Waals surface area (Å²) in [5.41, 5.74) is 9.75. The van der Waals surface area contributed by atoms with Crippen molar-refractivity contribution in [3.8, 4) is 0 Å². The van der Waals surface area contributed by atoms with E-state index >= 15 is 0 Å². The van der Waals surface area contributed by atoms with E-state index in [2.05, 4.69) is 82.3 Å². The van der Waals surface area contributed by atoms with Crippen LogP contribution in [-0.4, -0.2) is 12.6 Å². The van der Waals surface area contributed by atoms with Crippen molar-refractivity contribution in [1.82, 2.24) is 10.6 Å². The molecule has 0 aliphatic rings. The monoisotopic (exact) mass is 369 g/mol. The Kier molecular flexibility index (Phi) is 9.20. The molecule has 0 saturated heterocycles. The Morgan fingerprint density at radius 2 is 1.74 bits per heavy atom. The predicted octanol–water partition coefficient (Wildman–Crippen LogP) is 5.13. The lowest BCUT2D eigenvalue weighted by Crippen LogP contribution is -2.39. The molecule has 1 unspecified atom stereocenters. The Bertz CT molecular complexity index is 614. The molecule has 0 aliphatic carbocycles. The zero-order valence-corrected chi connectivity index (χ0v) is 17.8. The first kappa shape index (κ1) is 22.9. The standard InChI is InChI=1S/C24H39N3/c1-18(2)13-14-24(6,7)16-20(4)27-23(21(5)26-17-19(3)25)15-22-11-9-8-10-12-22/h8-12,18,23,26-27H,3-5,13-17,25H2,1-2,6-7H3. The fourth-order valence-electron chi connectivity index (χ4n) is 3.10. The van der Waals surface area contributed by atoms with E-state index < -0.39 is 0 Å². The highest BCUT2D eigenvalue weighted by atomic mass is 15.0. The quantitative estimate of drug-likeness (QED) is 0.452. The summed E-state index contributed by atoms with van der Waals surface area (Å²) in [6, 6.07) is 10.5. The molecule has 0 heterocycles. The van der Waals surface area contributed by atoms with E-state index in [1.807, 2.05) is 6.07 Å². The highest BCUT2D eigenvalue weighted by molar-refractivity contribution is 5.21. The second-order valence-corrected chi connectivity index (χ2v) is 8.80. The van der Waals surface area contributed by atoms with E-state index in [-0.39, 0.29) is 11.5 Å². The fourth-order valence-corrected chi connectivity index (χ4v) is 3.10. The van der Waals surface area contributed by atoms with Crippen LogP contribution in [0.5, 0.6) is 0 Å². The van der Waals surface area contributed by atoms with Crippen LogP contribution >= 0.6 is 0 Å². The van der Waals surface area contributed by atoms with Gasteiger partial charge in [0, 0.05) is 17.1 Å². The zero-order chi connectivity index (χ0) is 20.4. The summed E-state index contributed by atoms with van der Waals surface area (Å²) in [7, 11) is 0. The van der Waals surface area contributed by atoms with Crippen molar-refractivity contribution in [2.45, 2.75) is 59.4 Å². The highest BCUT2D eigenvalue weighted by Crippen LogP contribution is 2.31. The van der Waals surface area contributed by atoms with Gasteiger partial charge < -0.3 is 16.4 Å². The molecular formula is C24H39N3. The van der Waals surface area contributed by atoms with Crippen molar-refractivity contribution in [2.24, 2.45) is 17.1 Å². The summed E-state index contributed by atoms with van der Waals surface area (Å²) in [6.45, 7) is 22.0. The third-order valence-corrected chi connectivity index (χ3v) is 4.71. The first-order valence-electron chi connectivity index (χ1n) is 9.93. The van der Waals surface area contributed by atoms with Crippen LogP contribution in [-0.2, 0) is 6.42 Å². The summed E-state index contributed by atoms with van der Waals surface area (Å²) < 4.78 is 0. The van der Waals surface area contributed by atoms with Gasteiger partial charge in [0.2, 0.25) is 0 Å². The van der Waals surface area contributed by atoms with E-state index in [0.717, 1.165) is 30.2 Å². The van der Waals surface area contributed by atoms with Crippen LogP contribution in [0.3, 0.4) is 0 Å². The lowest BCUT2D eigenvalue weighted by molar-refractivity contribution is 0.294. The molecule has 0 aromatic heterocycles. The van der Waals surface area contributed by atoms with Gasteiger partial charge in [0.25, 0.3) is 0 Å². The Balaban J connectivity index is 2.75. The Morgan fingerprint density at radius 1 is 1.11 bits per heavy atom. The van der Waals surface area contributed by atoms with Gasteiger partial charge in [-0.25, -0.2) is 0 Å². The molecule has 0 aliphatic heterocycles. The number of hydrogen-bond donors (Lipinski definition) is 3. The van der Waals surface area contributed by atoms with Crippen LogP contribution in [0.1, 0.15) is 52.5 Å². The van der Waals surface area contributed by atoms with E-state index in [0.29, 0.717) is 12.2 Å². The van der Waals surface area contributed by atoms with E-state index in [1.165, 1.54) is 18.4 Å². The summed E-state index contributed by atoms with van der Waals surface area (Å²) in [5.74, 6) is 0.727.